The van der Waals surface area contributed by atoms with Crippen molar-refractivity contribution in [3.05, 3.63) is 84.0 Å². The van der Waals surface area contributed by atoms with Crippen molar-refractivity contribution in [2.45, 2.75) is 26.7 Å². The van der Waals surface area contributed by atoms with Crippen molar-refractivity contribution >= 4 is 35.0 Å². The fourth-order valence-electron chi connectivity index (χ4n) is 6.73. The molecule has 2 aliphatic heterocycles. The molecule has 2 saturated heterocycles. The molecule has 2 fully saturated rings. The lowest BCUT2D eigenvalue weighted by molar-refractivity contribution is -0.148. The topological polar surface area (TPSA) is 74.8 Å². The van der Waals surface area contributed by atoms with Crippen LogP contribution in [0.3, 0.4) is 0 Å². The first-order valence-corrected chi connectivity index (χ1v) is 12.8. The molecule has 0 aromatic heterocycles. The van der Waals surface area contributed by atoms with Crippen LogP contribution in [0.15, 0.2) is 72.8 Å². The molecule has 4 amide bonds. The van der Waals surface area contributed by atoms with Gasteiger partial charge in [0, 0.05) is 0 Å². The van der Waals surface area contributed by atoms with E-state index in [1.165, 1.54) is 9.80 Å². The van der Waals surface area contributed by atoms with Crippen LogP contribution in [-0.4, -0.2) is 23.6 Å². The van der Waals surface area contributed by atoms with E-state index in [4.69, 9.17) is 0 Å². The fraction of sp³-hybridized carbons (Fsp3) is 0.333. The van der Waals surface area contributed by atoms with Gasteiger partial charge in [0.25, 0.3) is 0 Å². The van der Waals surface area contributed by atoms with Crippen molar-refractivity contribution in [1.82, 2.24) is 0 Å². The third-order valence-corrected chi connectivity index (χ3v) is 8.40. The third kappa shape index (κ3) is 3.03. The van der Waals surface area contributed by atoms with Gasteiger partial charge in [0.1, 0.15) is 0 Å². The van der Waals surface area contributed by atoms with E-state index in [9.17, 15) is 19.2 Å². The molecule has 6 atom stereocenters. The van der Waals surface area contributed by atoms with Crippen LogP contribution >= 0.6 is 0 Å². The Hall–Kier alpha value is -3.80. The van der Waals surface area contributed by atoms with Gasteiger partial charge >= 0.3 is 0 Å². The molecular formula is C30H28N2O4. The van der Waals surface area contributed by atoms with Crippen LogP contribution in [-0.2, 0) is 32.0 Å². The number of piperidine rings is 2. The molecule has 0 N–H and O–H groups in total. The highest BCUT2D eigenvalue weighted by atomic mass is 16.2. The molecule has 0 spiro atoms. The summed E-state index contributed by atoms with van der Waals surface area (Å²) >= 11 is 0. The molecule has 6 heteroatoms. The second-order valence-electron chi connectivity index (χ2n) is 10.0. The molecule has 2 unspecified atom stereocenters. The summed E-state index contributed by atoms with van der Waals surface area (Å²) in [5.74, 6) is -4.12. The van der Waals surface area contributed by atoms with Crippen LogP contribution in [0.25, 0.3) is 0 Å². The Morgan fingerprint density at radius 2 is 0.833 bits per heavy atom. The molecule has 2 aliphatic carbocycles. The summed E-state index contributed by atoms with van der Waals surface area (Å²) in [7, 11) is 0. The molecule has 2 heterocycles. The van der Waals surface area contributed by atoms with E-state index in [1.54, 1.807) is 0 Å². The Bertz CT molecular complexity index is 1200. The fourth-order valence-corrected chi connectivity index (χ4v) is 6.73. The summed E-state index contributed by atoms with van der Waals surface area (Å²) in [4.78, 5) is 57.7. The third-order valence-electron chi connectivity index (χ3n) is 8.40. The highest BCUT2D eigenvalue weighted by Crippen LogP contribution is 2.53. The van der Waals surface area contributed by atoms with Crippen molar-refractivity contribution in [1.29, 1.82) is 0 Å². The zero-order valence-electron chi connectivity index (χ0n) is 20.3. The Morgan fingerprint density at radius 3 is 1.14 bits per heavy atom. The minimum Gasteiger partial charge on any atom is -0.273 e. The van der Waals surface area contributed by atoms with Gasteiger partial charge in [-0.2, -0.15) is 0 Å². The zero-order chi connectivity index (χ0) is 25.1. The molecule has 2 aromatic carbocycles. The van der Waals surface area contributed by atoms with E-state index in [0.717, 1.165) is 11.1 Å². The standard InChI is InChI=1S/C30H28N2O4/c1-3-17-9-5-7-11-23(17)31-27(33)19-13-15-21-26-22(16-14-20(25(19)26)28(31)34)30(36)32(29(21)35)24-12-8-6-10-18(24)4-2/h5-16,19-22,25-26H,3-4H2,1-2H3/t19-,20+,21-,22+,25?,26?. The number of imide groups is 2. The number of carbonyl (C=O) groups excluding carboxylic acids is 4. The Labute approximate surface area is 210 Å². The number of anilines is 2. The highest BCUT2D eigenvalue weighted by Gasteiger charge is 2.61. The largest absolute Gasteiger partial charge is 0.273 e. The molecule has 0 saturated carbocycles. The maximum atomic E-state index is 13.8. The minimum absolute atomic E-state index is 0.274. The van der Waals surface area contributed by atoms with Crippen LogP contribution in [0.1, 0.15) is 25.0 Å². The van der Waals surface area contributed by atoms with Gasteiger partial charge in [-0.3, -0.25) is 19.2 Å². The Morgan fingerprint density at radius 1 is 0.528 bits per heavy atom. The second-order valence-corrected chi connectivity index (χ2v) is 10.0. The average molecular weight is 481 g/mol. The molecule has 6 nitrogen and oxygen atoms in total. The van der Waals surface area contributed by atoms with E-state index in [-0.39, 0.29) is 23.6 Å². The lowest BCUT2D eigenvalue weighted by Gasteiger charge is -2.53. The molecular weight excluding hydrogens is 452 g/mol. The first-order valence-electron chi connectivity index (χ1n) is 12.8. The van der Waals surface area contributed by atoms with Gasteiger partial charge in [0.05, 0.1) is 35.0 Å². The smallest absolute Gasteiger partial charge is 0.241 e. The molecule has 6 rings (SSSR count). The van der Waals surface area contributed by atoms with Gasteiger partial charge in [-0.25, -0.2) is 9.80 Å². The number of rotatable bonds is 4. The van der Waals surface area contributed by atoms with E-state index in [1.807, 2.05) is 86.7 Å². The van der Waals surface area contributed by atoms with Crippen LogP contribution in [0.5, 0.6) is 0 Å². The first kappa shape index (κ1) is 22.7. The van der Waals surface area contributed by atoms with Crippen LogP contribution < -0.4 is 9.80 Å². The number of amides is 4. The zero-order valence-corrected chi connectivity index (χ0v) is 20.3. The molecule has 36 heavy (non-hydrogen) atoms. The second kappa shape index (κ2) is 8.40. The van der Waals surface area contributed by atoms with Crippen LogP contribution in [0.2, 0.25) is 0 Å². The number of carbonyl (C=O) groups is 4. The predicted octanol–water partition coefficient (Wildman–Crippen LogP) is 4.09. The number of para-hydroxylation sites is 2. The number of hydrogen-bond donors (Lipinski definition) is 0. The lowest BCUT2D eigenvalue weighted by Crippen LogP contribution is -2.64. The van der Waals surface area contributed by atoms with Gasteiger partial charge in [-0.1, -0.05) is 74.5 Å². The van der Waals surface area contributed by atoms with Gasteiger partial charge in [0.2, 0.25) is 23.6 Å². The summed E-state index contributed by atoms with van der Waals surface area (Å²) < 4.78 is 0. The highest BCUT2D eigenvalue weighted by molar-refractivity contribution is 6.22. The SMILES string of the molecule is CCc1ccccc1N1C(=O)[C@H]2C=C[C@@H]3C(=O)N(c4ccccc4CC)C(=O)[C@@H]4C=C[C@@H](C1=O)C2C34. The van der Waals surface area contributed by atoms with Gasteiger partial charge < -0.3 is 0 Å². The summed E-state index contributed by atoms with van der Waals surface area (Å²) in [6.07, 6.45) is 8.63. The summed E-state index contributed by atoms with van der Waals surface area (Å²) in [6, 6.07) is 15.0. The molecule has 0 bridgehead atoms. The van der Waals surface area contributed by atoms with Crippen molar-refractivity contribution in [3.8, 4) is 0 Å². The van der Waals surface area contributed by atoms with Crippen LogP contribution in [0.4, 0.5) is 11.4 Å². The van der Waals surface area contributed by atoms with Crippen molar-refractivity contribution in [2.75, 3.05) is 9.80 Å². The van der Waals surface area contributed by atoms with E-state index in [0.29, 0.717) is 24.2 Å². The van der Waals surface area contributed by atoms with Crippen LogP contribution in [0, 0.1) is 35.5 Å². The minimum atomic E-state index is -0.554. The van der Waals surface area contributed by atoms with E-state index in [2.05, 4.69) is 0 Å². The maximum absolute atomic E-state index is 13.8. The van der Waals surface area contributed by atoms with E-state index >= 15 is 0 Å². The molecule has 0 radical (unpaired) electrons. The normalized spacial score (nSPS) is 30.6. The van der Waals surface area contributed by atoms with Gasteiger partial charge in [0.15, 0.2) is 0 Å². The average Bonchev–Trinajstić information content (AvgIpc) is 2.91. The number of nitrogens with zero attached hydrogens (tertiary/aromatic N) is 2. The summed E-state index contributed by atoms with van der Waals surface area (Å²) in [5.41, 5.74) is 3.11. The molecule has 2 aromatic rings. The van der Waals surface area contributed by atoms with E-state index < -0.39 is 35.5 Å². The monoisotopic (exact) mass is 480 g/mol. The van der Waals surface area contributed by atoms with Gasteiger partial charge in [-0.05, 0) is 47.9 Å². The Kier molecular flexibility index (Phi) is 5.29. The van der Waals surface area contributed by atoms with Gasteiger partial charge in [-0.15, -0.1) is 0 Å². The predicted molar refractivity (Wildman–Crippen MR) is 136 cm³/mol. The van der Waals surface area contributed by atoms with Crippen molar-refractivity contribution < 1.29 is 19.2 Å². The Balaban J connectivity index is 1.44. The molecule has 182 valence electrons. The first-order chi connectivity index (χ1) is 17.5. The van der Waals surface area contributed by atoms with Crippen molar-refractivity contribution in [2.24, 2.45) is 35.5 Å². The lowest BCUT2D eigenvalue weighted by atomic mass is 9.55. The van der Waals surface area contributed by atoms with Crippen molar-refractivity contribution in [3.63, 3.8) is 0 Å². The summed E-state index contributed by atoms with van der Waals surface area (Å²) in [5, 5.41) is 0. The number of benzene rings is 2. The number of hydrogen-bond acceptors (Lipinski definition) is 4. The summed E-state index contributed by atoms with van der Waals surface area (Å²) in [6.45, 7) is 4.00. The quantitative estimate of drug-likeness (QED) is 0.488. The number of aryl methyl sites for hydroxylation is 2. The molecule has 4 aliphatic rings. The maximum Gasteiger partial charge on any atom is 0.241 e.